The lowest BCUT2D eigenvalue weighted by atomic mass is 9.96. The lowest BCUT2D eigenvalue weighted by Gasteiger charge is -2.34. The Hall–Kier alpha value is -1.75. The van der Waals surface area contributed by atoms with Gasteiger partial charge < -0.3 is 20.5 Å². The SMILES string of the molecule is COc1ccc(N)cc1C(=O)N1CCC(O)C(C)C1. The molecule has 2 atom stereocenters. The molecule has 1 fully saturated rings. The van der Waals surface area contributed by atoms with E-state index in [0.29, 0.717) is 36.5 Å². The molecule has 0 bridgehead atoms. The zero-order valence-electron chi connectivity index (χ0n) is 11.3. The number of nitrogens with two attached hydrogens (primary N) is 1. The van der Waals surface area contributed by atoms with Crippen molar-refractivity contribution < 1.29 is 14.6 Å². The lowest BCUT2D eigenvalue weighted by molar-refractivity contribution is 0.0296. The molecule has 19 heavy (non-hydrogen) atoms. The van der Waals surface area contributed by atoms with E-state index in [9.17, 15) is 9.90 Å². The molecule has 1 aliphatic rings. The van der Waals surface area contributed by atoms with Gasteiger partial charge in [-0.1, -0.05) is 6.92 Å². The largest absolute Gasteiger partial charge is 0.496 e. The van der Waals surface area contributed by atoms with Crippen molar-refractivity contribution in [3.8, 4) is 5.75 Å². The highest BCUT2D eigenvalue weighted by Gasteiger charge is 2.29. The van der Waals surface area contributed by atoms with Gasteiger partial charge in [0.15, 0.2) is 0 Å². The van der Waals surface area contributed by atoms with Crippen LogP contribution < -0.4 is 10.5 Å². The first kappa shape index (κ1) is 13.7. The number of carbonyl (C=O) groups is 1. The molecular weight excluding hydrogens is 244 g/mol. The van der Waals surface area contributed by atoms with Crippen molar-refractivity contribution in [2.75, 3.05) is 25.9 Å². The second-order valence-electron chi connectivity index (χ2n) is 5.04. The van der Waals surface area contributed by atoms with Crippen LogP contribution in [0.2, 0.25) is 0 Å². The number of nitrogen functional groups attached to an aromatic ring is 1. The molecule has 1 aromatic carbocycles. The molecule has 0 radical (unpaired) electrons. The molecule has 0 aliphatic carbocycles. The second-order valence-corrected chi connectivity index (χ2v) is 5.04. The standard InChI is InChI=1S/C14H20N2O3/c1-9-8-16(6-5-12(9)17)14(18)11-7-10(15)3-4-13(11)19-2/h3-4,7,9,12,17H,5-6,8,15H2,1-2H3. The maximum atomic E-state index is 12.5. The van der Waals surface area contributed by atoms with Crippen molar-refractivity contribution in [1.29, 1.82) is 0 Å². The number of methoxy groups -OCH3 is 1. The number of amides is 1. The summed E-state index contributed by atoms with van der Waals surface area (Å²) in [6, 6.07) is 5.04. The van der Waals surface area contributed by atoms with E-state index in [1.807, 2.05) is 6.92 Å². The number of likely N-dealkylation sites (tertiary alicyclic amines) is 1. The van der Waals surface area contributed by atoms with Gasteiger partial charge in [-0.05, 0) is 30.5 Å². The number of rotatable bonds is 2. The third-order valence-electron chi connectivity index (χ3n) is 3.60. The average molecular weight is 264 g/mol. The van der Waals surface area contributed by atoms with Crippen molar-refractivity contribution in [2.45, 2.75) is 19.4 Å². The smallest absolute Gasteiger partial charge is 0.257 e. The number of carbonyl (C=O) groups excluding carboxylic acids is 1. The molecular formula is C14H20N2O3. The van der Waals surface area contributed by atoms with Gasteiger partial charge in [0.2, 0.25) is 0 Å². The van der Waals surface area contributed by atoms with Crippen LogP contribution in [0.3, 0.4) is 0 Å². The van der Waals surface area contributed by atoms with E-state index in [-0.39, 0.29) is 17.9 Å². The third-order valence-corrected chi connectivity index (χ3v) is 3.60. The number of piperidine rings is 1. The first-order chi connectivity index (χ1) is 9.02. The van der Waals surface area contributed by atoms with Crippen molar-refractivity contribution >= 4 is 11.6 Å². The second kappa shape index (κ2) is 5.48. The number of ether oxygens (including phenoxy) is 1. The predicted molar refractivity (Wildman–Crippen MR) is 73.1 cm³/mol. The fourth-order valence-electron chi connectivity index (χ4n) is 2.38. The highest BCUT2D eigenvalue weighted by molar-refractivity contribution is 5.97. The number of aliphatic hydroxyl groups is 1. The summed E-state index contributed by atoms with van der Waals surface area (Å²) in [4.78, 5) is 14.2. The van der Waals surface area contributed by atoms with E-state index in [4.69, 9.17) is 10.5 Å². The monoisotopic (exact) mass is 264 g/mol. The van der Waals surface area contributed by atoms with E-state index in [1.165, 1.54) is 7.11 Å². The minimum Gasteiger partial charge on any atom is -0.496 e. The Kier molecular flexibility index (Phi) is 3.95. The molecule has 5 heteroatoms. The summed E-state index contributed by atoms with van der Waals surface area (Å²) in [6.45, 7) is 3.06. The summed E-state index contributed by atoms with van der Waals surface area (Å²) in [7, 11) is 1.53. The summed E-state index contributed by atoms with van der Waals surface area (Å²) in [5.74, 6) is 0.519. The summed E-state index contributed by atoms with van der Waals surface area (Å²) >= 11 is 0. The molecule has 104 valence electrons. The van der Waals surface area contributed by atoms with Gasteiger partial charge in [-0.15, -0.1) is 0 Å². The van der Waals surface area contributed by atoms with Gasteiger partial charge in [0.1, 0.15) is 5.75 Å². The normalized spacial score (nSPS) is 23.2. The maximum absolute atomic E-state index is 12.5. The van der Waals surface area contributed by atoms with Crippen LogP contribution in [0.15, 0.2) is 18.2 Å². The predicted octanol–water partition coefficient (Wildman–Crippen LogP) is 1.12. The first-order valence-corrected chi connectivity index (χ1v) is 6.43. The zero-order chi connectivity index (χ0) is 14.0. The minimum atomic E-state index is -0.327. The summed E-state index contributed by atoms with van der Waals surface area (Å²) < 4.78 is 5.21. The number of benzene rings is 1. The highest BCUT2D eigenvalue weighted by Crippen LogP contribution is 2.25. The molecule has 2 rings (SSSR count). The number of nitrogens with zero attached hydrogens (tertiary/aromatic N) is 1. The van der Waals surface area contributed by atoms with Gasteiger partial charge in [0.25, 0.3) is 5.91 Å². The lowest BCUT2D eigenvalue weighted by Crippen LogP contribution is -2.45. The third kappa shape index (κ3) is 2.81. The molecule has 3 N–H and O–H groups in total. The molecule has 1 amide bonds. The topological polar surface area (TPSA) is 75.8 Å². The Morgan fingerprint density at radius 3 is 2.89 bits per heavy atom. The maximum Gasteiger partial charge on any atom is 0.257 e. The molecule has 5 nitrogen and oxygen atoms in total. The van der Waals surface area contributed by atoms with E-state index < -0.39 is 0 Å². The van der Waals surface area contributed by atoms with E-state index in [2.05, 4.69) is 0 Å². The minimum absolute atomic E-state index is 0.0877. The molecule has 0 aromatic heterocycles. The Balaban J connectivity index is 2.22. The molecule has 1 aliphatic heterocycles. The number of hydrogen-bond acceptors (Lipinski definition) is 4. The average Bonchev–Trinajstić information content (AvgIpc) is 2.41. The van der Waals surface area contributed by atoms with E-state index in [1.54, 1.807) is 23.1 Å². The fraction of sp³-hybridized carbons (Fsp3) is 0.500. The van der Waals surface area contributed by atoms with Crippen LogP contribution in [-0.2, 0) is 0 Å². The molecule has 1 aromatic rings. The Morgan fingerprint density at radius 2 is 2.26 bits per heavy atom. The highest BCUT2D eigenvalue weighted by atomic mass is 16.5. The molecule has 2 unspecified atom stereocenters. The Morgan fingerprint density at radius 1 is 1.53 bits per heavy atom. The number of anilines is 1. The quantitative estimate of drug-likeness (QED) is 0.785. The Labute approximate surface area is 113 Å². The van der Waals surface area contributed by atoms with Crippen LogP contribution in [0, 0.1) is 5.92 Å². The van der Waals surface area contributed by atoms with Crippen LogP contribution in [-0.4, -0.2) is 42.2 Å². The number of hydrogen-bond donors (Lipinski definition) is 2. The summed E-state index contributed by atoms with van der Waals surface area (Å²) in [5, 5.41) is 9.71. The van der Waals surface area contributed by atoms with Gasteiger partial charge in [-0.3, -0.25) is 4.79 Å². The van der Waals surface area contributed by atoms with Crippen molar-refractivity contribution in [3.05, 3.63) is 23.8 Å². The van der Waals surface area contributed by atoms with Gasteiger partial charge >= 0.3 is 0 Å². The van der Waals surface area contributed by atoms with Crippen molar-refractivity contribution in [3.63, 3.8) is 0 Å². The van der Waals surface area contributed by atoms with E-state index >= 15 is 0 Å². The summed E-state index contributed by atoms with van der Waals surface area (Å²) in [5.41, 5.74) is 6.75. The zero-order valence-corrected chi connectivity index (χ0v) is 11.3. The molecule has 1 saturated heterocycles. The van der Waals surface area contributed by atoms with Gasteiger partial charge in [-0.2, -0.15) is 0 Å². The number of aliphatic hydroxyl groups excluding tert-OH is 1. The van der Waals surface area contributed by atoms with Crippen LogP contribution in [0.5, 0.6) is 5.75 Å². The van der Waals surface area contributed by atoms with E-state index in [0.717, 1.165) is 0 Å². The van der Waals surface area contributed by atoms with Gasteiger partial charge in [-0.25, -0.2) is 0 Å². The van der Waals surface area contributed by atoms with Crippen LogP contribution in [0.4, 0.5) is 5.69 Å². The molecule has 0 spiro atoms. The Bertz CT molecular complexity index is 476. The fourth-order valence-corrected chi connectivity index (χ4v) is 2.38. The molecule has 1 heterocycles. The van der Waals surface area contributed by atoms with Crippen molar-refractivity contribution in [1.82, 2.24) is 4.90 Å². The molecule has 0 saturated carbocycles. The van der Waals surface area contributed by atoms with Gasteiger partial charge in [0.05, 0.1) is 18.8 Å². The van der Waals surface area contributed by atoms with Crippen molar-refractivity contribution in [2.24, 2.45) is 5.92 Å². The van der Waals surface area contributed by atoms with Crippen LogP contribution in [0.1, 0.15) is 23.7 Å². The van der Waals surface area contributed by atoms with Crippen LogP contribution >= 0.6 is 0 Å². The summed E-state index contributed by atoms with van der Waals surface area (Å²) in [6.07, 6.45) is 0.282. The van der Waals surface area contributed by atoms with Gasteiger partial charge in [0, 0.05) is 18.8 Å². The first-order valence-electron chi connectivity index (χ1n) is 6.43. The van der Waals surface area contributed by atoms with Crippen LogP contribution in [0.25, 0.3) is 0 Å².